The first-order chi connectivity index (χ1) is 12.8. The number of rotatable bonds is 3. The van der Waals surface area contributed by atoms with Gasteiger partial charge < -0.3 is 0 Å². The van der Waals surface area contributed by atoms with E-state index in [9.17, 15) is 0 Å². The predicted molar refractivity (Wildman–Crippen MR) is 103 cm³/mol. The van der Waals surface area contributed by atoms with Crippen molar-refractivity contribution in [3.8, 4) is 0 Å². The van der Waals surface area contributed by atoms with Crippen molar-refractivity contribution in [2.75, 3.05) is 0 Å². The molecule has 0 unspecified atom stereocenters. The lowest BCUT2D eigenvalue weighted by atomic mass is 10.1. The minimum absolute atomic E-state index is 0.299. The molecule has 0 spiro atoms. The summed E-state index contributed by atoms with van der Waals surface area (Å²) in [5.74, 6) is 0. The Morgan fingerprint density at radius 3 is 1.85 bits per heavy atom. The van der Waals surface area contributed by atoms with Crippen molar-refractivity contribution in [3.05, 3.63) is 82.8 Å². The Bertz CT molecular complexity index is 1150. The molecule has 0 aliphatic heterocycles. The highest BCUT2D eigenvalue weighted by Crippen LogP contribution is 2.28. The average Bonchev–Trinajstić information content (AvgIpc) is 3.28. The molecule has 26 heavy (non-hydrogen) atoms. The summed E-state index contributed by atoms with van der Waals surface area (Å²) in [4.78, 5) is 0. The van der Waals surface area contributed by atoms with Gasteiger partial charge in [0.25, 0.3) is 0 Å². The van der Waals surface area contributed by atoms with E-state index in [1.165, 1.54) is 0 Å². The topological polar surface area (TPSA) is 61.4 Å². The number of halogens is 1. The zero-order valence-electron chi connectivity index (χ0n) is 13.6. The summed E-state index contributed by atoms with van der Waals surface area (Å²) < 4.78 is 4.77. The van der Waals surface area contributed by atoms with Crippen LogP contribution in [0.15, 0.2) is 77.3 Å². The average molecular weight is 405 g/mol. The molecule has 0 N–H and O–H groups in total. The molecule has 0 aliphatic rings. The Balaban J connectivity index is 1.81. The van der Waals surface area contributed by atoms with Gasteiger partial charge in [0.2, 0.25) is 0 Å². The molecule has 0 aliphatic carbocycles. The zero-order valence-corrected chi connectivity index (χ0v) is 15.2. The summed E-state index contributed by atoms with van der Waals surface area (Å²) in [6.45, 7) is 0. The van der Waals surface area contributed by atoms with Crippen LogP contribution >= 0.6 is 15.9 Å². The normalized spacial score (nSPS) is 11.6. The fourth-order valence-electron chi connectivity index (χ4n) is 3.19. The number of aromatic nitrogens is 6. The molecule has 0 saturated heterocycles. The Hall–Kier alpha value is -3.06. The summed E-state index contributed by atoms with van der Waals surface area (Å²) in [5, 5.41) is 17.5. The van der Waals surface area contributed by atoms with Gasteiger partial charge in [-0.05, 0) is 42.0 Å². The van der Waals surface area contributed by atoms with Crippen LogP contribution in [0, 0.1) is 0 Å². The molecular formula is C19H13BrN6. The molecule has 0 amide bonds. The molecule has 0 fully saturated rings. The summed E-state index contributed by atoms with van der Waals surface area (Å²) in [6, 6.07) is 24.0. The lowest BCUT2D eigenvalue weighted by Gasteiger charge is -2.19. The minimum Gasteiger partial charge on any atom is -0.215 e. The van der Waals surface area contributed by atoms with Gasteiger partial charge in [0.1, 0.15) is 11.0 Å². The molecule has 126 valence electrons. The van der Waals surface area contributed by atoms with Crippen LogP contribution in [-0.4, -0.2) is 30.0 Å². The number of hydrogen-bond donors (Lipinski definition) is 0. The van der Waals surface area contributed by atoms with E-state index in [-0.39, 0.29) is 6.17 Å². The van der Waals surface area contributed by atoms with Crippen molar-refractivity contribution in [3.63, 3.8) is 0 Å². The molecule has 2 aromatic heterocycles. The van der Waals surface area contributed by atoms with Crippen molar-refractivity contribution in [2.45, 2.75) is 6.17 Å². The molecule has 6 nitrogen and oxygen atoms in total. The molecule has 0 bridgehead atoms. The van der Waals surface area contributed by atoms with Crippen molar-refractivity contribution in [2.24, 2.45) is 0 Å². The highest BCUT2D eigenvalue weighted by Gasteiger charge is 2.23. The number of para-hydroxylation sites is 2. The number of fused-ring (bicyclic) bond motifs is 2. The van der Waals surface area contributed by atoms with Gasteiger partial charge in [-0.3, -0.25) is 0 Å². The van der Waals surface area contributed by atoms with Crippen LogP contribution in [0.1, 0.15) is 11.7 Å². The molecule has 0 atom stereocenters. The van der Waals surface area contributed by atoms with Crippen molar-refractivity contribution in [1.29, 1.82) is 0 Å². The Morgan fingerprint density at radius 2 is 1.27 bits per heavy atom. The van der Waals surface area contributed by atoms with Crippen molar-refractivity contribution < 1.29 is 0 Å². The maximum Gasteiger partial charge on any atom is 0.173 e. The maximum atomic E-state index is 4.43. The van der Waals surface area contributed by atoms with E-state index in [0.717, 1.165) is 32.1 Å². The van der Waals surface area contributed by atoms with Crippen molar-refractivity contribution >= 4 is 38.0 Å². The molecular weight excluding hydrogens is 392 g/mol. The third kappa shape index (κ3) is 2.40. The van der Waals surface area contributed by atoms with E-state index in [1.54, 1.807) is 0 Å². The van der Waals surface area contributed by atoms with Crippen molar-refractivity contribution in [1.82, 2.24) is 30.0 Å². The third-order valence-corrected chi connectivity index (χ3v) is 4.86. The molecule has 5 rings (SSSR count). The SMILES string of the molecule is Brc1cccc(C(n2nnc3ccccc32)n2nnc3ccccc32)c1. The van der Waals surface area contributed by atoms with Crippen LogP contribution < -0.4 is 0 Å². The molecule has 2 heterocycles. The van der Waals surface area contributed by atoms with Crippen LogP contribution in [0.25, 0.3) is 22.1 Å². The fourth-order valence-corrected chi connectivity index (χ4v) is 3.61. The minimum atomic E-state index is -0.299. The van der Waals surface area contributed by atoms with Crippen LogP contribution in [0.4, 0.5) is 0 Å². The number of hydrogen-bond acceptors (Lipinski definition) is 4. The highest BCUT2D eigenvalue weighted by atomic mass is 79.9. The second kappa shape index (κ2) is 6.03. The summed E-state index contributed by atoms with van der Waals surface area (Å²) in [6.07, 6.45) is -0.299. The second-order valence-electron chi connectivity index (χ2n) is 5.97. The standard InChI is InChI=1S/C19H13BrN6/c20-14-7-5-6-13(12-14)19(25-17-10-3-1-8-15(17)21-23-25)26-18-11-4-2-9-16(18)22-24-26/h1-12,19H. The van der Waals surface area contributed by atoms with Gasteiger partial charge in [0.15, 0.2) is 6.17 Å². The van der Waals surface area contributed by atoms with E-state index >= 15 is 0 Å². The van der Waals surface area contributed by atoms with Crippen LogP contribution in [0.3, 0.4) is 0 Å². The third-order valence-electron chi connectivity index (χ3n) is 4.36. The molecule has 0 saturated carbocycles. The fraction of sp³-hybridized carbons (Fsp3) is 0.0526. The van der Waals surface area contributed by atoms with Crippen LogP contribution in [-0.2, 0) is 0 Å². The number of benzene rings is 3. The largest absolute Gasteiger partial charge is 0.215 e. The zero-order chi connectivity index (χ0) is 17.5. The highest BCUT2D eigenvalue weighted by molar-refractivity contribution is 9.10. The quantitative estimate of drug-likeness (QED) is 0.455. The molecule has 7 heteroatoms. The first kappa shape index (κ1) is 15.2. The summed E-state index contributed by atoms with van der Waals surface area (Å²) in [5.41, 5.74) is 4.61. The van der Waals surface area contributed by atoms with E-state index in [1.807, 2.05) is 70.0 Å². The Morgan fingerprint density at radius 1 is 0.692 bits per heavy atom. The van der Waals surface area contributed by atoms with E-state index in [4.69, 9.17) is 0 Å². The van der Waals surface area contributed by atoms with Gasteiger partial charge >= 0.3 is 0 Å². The smallest absolute Gasteiger partial charge is 0.173 e. The van der Waals surface area contributed by atoms with Gasteiger partial charge in [-0.2, -0.15) is 0 Å². The maximum absolute atomic E-state index is 4.43. The molecule has 3 aromatic carbocycles. The van der Waals surface area contributed by atoms with Gasteiger partial charge in [0, 0.05) is 4.47 Å². The lowest BCUT2D eigenvalue weighted by Crippen LogP contribution is -2.22. The van der Waals surface area contributed by atoms with Gasteiger partial charge in [-0.25, -0.2) is 9.36 Å². The van der Waals surface area contributed by atoms with Crippen LogP contribution in [0.2, 0.25) is 0 Å². The van der Waals surface area contributed by atoms with E-state index in [2.05, 4.69) is 48.7 Å². The molecule has 0 radical (unpaired) electrons. The molecule has 5 aromatic rings. The number of nitrogens with zero attached hydrogens (tertiary/aromatic N) is 6. The lowest BCUT2D eigenvalue weighted by molar-refractivity contribution is 0.421. The van der Waals surface area contributed by atoms with E-state index in [0.29, 0.717) is 0 Å². The first-order valence-electron chi connectivity index (χ1n) is 8.16. The predicted octanol–water partition coefficient (Wildman–Crippen LogP) is 4.03. The van der Waals surface area contributed by atoms with Crippen LogP contribution in [0.5, 0.6) is 0 Å². The summed E-state index contributed by atoms with van der Waals surface area (Å²) >= 11 is 3.57. The van der Waals surface area contributed by atoms with E-state index < -0.39 is 0 Å². The summed E-state index contributed by atoms with van der Waals surface area (Å²) in [7, 11) is 0. The van der Waals surface area contributed by atoms with Gasteiger partial charge in [-0.15, -0.1) is 10.2 Å². The van der Waals surface area contributed by atoms with Gasteiger partial charge in [-0.1, -0.05) is 62.8 Å². The van der Waals surface area contributed by atoms with Gasteiger partial charge in [0.05, 0.1) is 11.0 Å². The monoisotopic (exact) mass is 404 g/mol. The Kier molecular flexibility index (Phi) is 3.53. The second-order valence-corrected chi connectivity index (χ2v) is 6.89. The Labute approximate surface area is 157 Å². The first-order valence-corrected chi connectivity index (χ1v) is 8.96.